The first-order valence-corrected chi connectivity index (χ1v) is 3.95. The van der Waals surface area contributed by atoms with Crippen LogP contribution in [0.15, 0.2) is 24.3 Å². The molecule has 0 saturated carbocycles. The molecule has 0 amide bonds. The van der Waals surface area contributed by atoms with Crippen LogP contribution >= 0.6 is 0 Å². The van der Waals surface area contributed by atoms with Crippen LogP contribution in [0.3, 0.4) is 0 Å². The molecular weight excluding hydrogens is 150 g/mol. The Morgan fingerprint density at radius 2 is 1.67 bits per heavy atom. The van der Waals surface area contributed by atoms with Crippen molar-refractivity contribution in [1.82, 2.24) is 0 Å². The van der Waals surface area contributed by atoms with Gasteiger partial charge in [0.1, 0.15) is 5.75 Å². The van der Waals surface area contributed by atoms with Gasteiger partial charge in [-0.1, -0.05) is 31.5 Å². The zero-order chi connectivity index (χ0) is 9.40. The highest BCUT2D eigenvalue weighted by molar-refractivity contribution is 5.26. The van der Waals surface area contributed by atoms with Crippen LogP contribution in [0.4, 0.5) is 0 Å². The van der Waals surface area contributed by atoms with E-state index in [1.54, 1.807) is 18.4 Å². The number of hydrogen-bond acceptors (Lipinski definition) is 2. The molecule has 0 N–H and O–H groups in total. The summed E-state index contributed by atoms with van der Waals surface area (Å²) in [6.07, 6.45) is 1.60. The third-order valence-corrected chi connectivity index (χ3v) is 1.18. The Balaban J connectivity index is 0.000000561. The SMILES string of the molecule is CC.Cc1ccc(OC#N)cc1. The quantitative estimate of drug-likeness (QED) is 0.596. The molecule has 1 rings (SSSR count). The van der Waals surface area contributed by atoms with Gasteiger partial charge in [-0.05, 0) is 19.1 Å². The lowest BCUT2D eigenvalue weighted by Gasteiger charge is -1.94. The molecular formula is C10H13NO. The molecule has 0 aliphatic heterocycles. The average Bonchev–Trinajstić information content (AvgIpc) is 2.13. The van der Waals surface area contributed by atoms with Gasteiger partial charge in [-0.2, -0.15) is 0 Å². The summed E-state index contributed by atoms with van der Waals surface area (Å²) in [6.45, 7) is 5.98. The van der Waals surface area contributed by atoms with Crippen LogP contribution in [0.1, 0.15) is 19.4 Å². The van der Waals surface area contributed by atoms with Crippen molar-refractivity contribution in [2.24, 2.45) is 0 Å². The Morgan fingerprint density at radius 1 is 1.17 bits per heavy atom. The first-order valence-electron chi connectivity index (χ1n) is 3.95. The summed E-state index contributed by atoms with van der Waals surface area (Å²) in [4.78, 5) is 0. The van der Waals surface area contributed by atoms with Gasteiger partial charge in [0.15, 0.2) is 0 Å². The summed E-state index contributed by atoms with van der Waals surface area (Å²) in [5.41, 5.74) is 1.16. The van der Waals surface area contributed by atoms with E-state index in [1.807, 2.05) is 32.9 Å². The predicted molar refractivity (Wildman–Crippen MR) is 48.8 cm³/mol. The highest BCUT2D eigenvalue weighted by Crippen LogP contribution is 2.10. The number of ether oxygens (including phenoxy) is 1. The van der Waals surface area contributed by atoms with Crippen LogP contribution < -0.4 is 4.74 Å². The van der Waals surface area contributed by atoms with E-state index in [0.29, 0.717) is 5.75 Å². The number of rotatable bonds is 1. The van der Waals surface area contributed by atoms with Gasteiger partial charge in [-0.15, -0.1) is 5.26 Å². The highest BCUT2D eigenvalue weighted by atomic mass is 16.5. The van der Waals surface area contributed by atoms with Gasteiger partial charge < -0.3 is 4.74 Å². The van der Waals surface area contributed by atoms with E-state index in [1.165, 1.54) is 0 Å². The van der Waals surface area contributed by atoms with Crippen molar-refractivity contribution in [3.05, 3.63) is 29.8 Å². The minimum absolute atomic E-state index is 0.591. The van der Waals surface area contributed by atoms with Crippen molar-refractivity contribution in [2.45, 2.75) is 20.8 Å². The number of nitrogens with zero attached hydrogens (tertiary/aromatic N) is 1. The number of hydrogen-bond donors (Lipinski definition) is 0. The maximum absolute atomic E-state index is 8.12. The molecule has 0 fully saturated rings. The molecule has 2 nitrogen and oxygen atoms in total. The monoisotopic (exact) mass is 163 g/mol. The smallest absolute Gasteiger partial charge is 0.292 e. The van der Waals surface area contributed by atoms with Crippen molar-refractivity contribution >= 4 is 0 Å². The zero-order valence-electron chi connectivity index (χ0n) is 7.66. The molecule has 2 heteroatoms. The fourth-order valence-corrected chi connectivity index (χ4v) is 0.659. The summed E-state index contributed by atoms with van der Waals surface area (Å²) in [7, 11) is 0. The van der Waals surface area contributed by atoms with Crippen molar-refractivity contribution in [1.29, 1.82) is 5.26 Å². The molecule has 0 atom stereocenters. The first-order chi connectivity index (χ1) is 5.83. The molecule has 0 bridgehead atoms. The van der Waals surface area contributed by atoms with Gasteiger partial charge in [0, 0.05) is 0 Å². The second-order valence-electron chi connectivity index (χ2n) is 2.01. The number of benzene rings is 1. The molecule has 0 aliphatic carbocycles. The second kappa shape index (κ2) is 6.23. The van der Waals surface area contributed by atoms with Gasteiger partial charge in [0.05, 0.1) is 0 Å². The minimum Gasteiger partial charge on any atom is -0.388 e. The third-order valence-electron chi connectivity index (χ3n) is 1.18. The molecule has 0 aromatic heterocycles. The summed E-state index contributed by atoms with van der Waals surface area (Å²) in [5.74, 6) is 0.591. The minimum atomic E-state index is 0.591. The van der Waals surface area contributed by atoms with E-state index < -0.39 is 0 Å². The maximum Gasteiger partial charge on any atom is 0.292 e. The summed E-state index contributed by atoms with van der Waals surface area (Å²) in [5, 5.41) is 8.12. The maximum atomic E-state index is 8.12. The topological polar surface area (TPSA) is 33.0 Å². The molecule has 0 unspecified atom stereocenters. The van der Waals surface area contributed by atoms with Crippen LogP contribution in [0.5, 0.6) is 5.75 Å². The lowest BCUT2D eigenvalue weighted by atomic mass is 10.2. The third kappa shape index (κ3) is 3.62. The van der Waals surface area contributed by atoms with Gasteiger partial charge in [-0.25, -0.2) is 0 Å². The molecule has 0 radical (unpaired) electrons. The summed E-state index contributed by atoms with van der Waals surface area (Å²) < 4.78 is 4.57. The highest BCUT2D eigenvalue weighted by Gasteiger charge is 1.88. The first kappa shape index (κ1) is 10.5. The van der Waals surface area contributed by atoms with Crippen molar-refractivity contribution in [3.63, 3.8) is 0 Å². The van der Waals surface area contributed by atoms with Crippen molar-refractivity contribution < 1.29 is 4.74 Å². The van der Waals surface area contributed by atoms with Gasteiger partial charge in [0.25, 0.3) is 6.26 Å². The fraction of sp³-hybridized carbons (Fsp3) is 0.300. The Hall–Kier alpha value is -1.49. The Labute approximate surface area is 73.4 Å². The molecule has 1 aromatic rings. The van der Waals surface area contributed by atoms with Crippen molar-refractivity contribution in [2.75, 3.05) is 0 Å². The largest absolute Gasteiger partial charge is 0.388 e. The van der Waals surface area contributed by atoms with Crippen LogP contribution in [0, 0.1) is 18.4 Å². The Morgan fingerprint density at radius 3 is 2.08 bits per heavy atom. The van der Waals surface area contributed by atoms with E-state index in [-0.39, 0.29) is 0 Å². The van der Waals surface area contributed by atoms with Crippen molar-refractivity contribution in [3.8, 4) is 12.0 Å². The summed E-state index contributed by atoms with van der Waals surface area (Å²) >= 11 is 0. The fourth-order valence-electron chi connectivity index (χ4n) is 0.659. The molecule has 1 aromatic carbocycles. The standard InChI is InChI=1S/C8H7NO.C2H6/c1-7-2-4-8(5-3-7)10-6-9;1-2/h2-5H,1H3;1-2H3. The average molecular weight is 163 g/mol. The van der Waals surface area contributed by atoms with Gasteiger partial charge in [-0.3, -0.25) is 0 Å². The van der Waals surface area contributed by atoms with Crippen LogP contribution in [-0.2, 0) is 0 Å². The molecule has 0 spiro atoms. The number of aryl methyl sites for hydroxylation is 1. The lowest BCUT2D eigenvalue weighted by Crippen LogP contribution is -1.80. The van der Waals surface area contributed by atoms with Gasteiger partial charge in [0.2, 0.25) is 0 Å². The zero-order valence-corrected chi connectivity index (χ0v) is 7.66. The second-order valence-corrected chi connectivity index (χ2v) is 2.01. The van der Waals surface area contributed by atoms with E-state index in [4.69, 9.17) is 5.26 Å². The normalized spacial score (nSPS) is 7.50. The lowest BCUT2D eigenvalue weighted by molar-refractivity contribution is 0.507. The van der Waals surface area contributed by atoms with E-state index >= 15 is 0 Å². The molecule has 0 aliphatic rings. The molecule has 64 valence electrons. The number of nitriles is 1. The van der Waals surface area contributed by atoms with Crippen LogP contribution in [0.2, 0.25) is 0 Å². The van der Waals surface area contributed by atoms with E-state index in [2.05, 4.69) is 4.74 Å². The Kier molecular flexibility index (Phi) is 5.46. The van der Waals surface area contributed by atoms with Gasteiger partial charge >= 0.3 is 0 Å². The van der Waals surface area contributed by atoms with Crippen LogP contribution in [0.25, 0.3) is 0 Å². The molecule has 0 saturated heterocycles. The molecule has 12 heavy (non-hydrogen) atoms. The predicted octanol–water partition coefficient (Wildman–Crippen LogP) is 2.88. The molecule has 0 heterocycles. The van der Waals surface area contributed by atoms with E-state index in [9.17, 15) is 0 Å². The Bertz CT molecular complexity index is 246. The van der Waals surface area contributed by atoms with Crippen LogP contribution in [-0.4, -0.2) is 0 Å². The van der Waals surface area contributed by atoms with E-state index in [0.717, 1.165) is 5.56 Å². The summed E-state index contributed by atoms with van der Waals surface area (Å²) in [6, 6.07) is 7.32.